The van der Waals surface area contributed by atoms with E-state index in [0.29, 0.717) is 12.0 Å². The summed E-state index contributed by atoms with van der Waals surface area (Å²) < 4.78 is 0. The number of nitrogens with one attached hydrogen (secondary N) is 1. The number of amides is 1. The molecular formula is C11H21NO. The van der Waals surface area contributed by atoms with Crippen LogP contribution in [0, 0.1) is 11.8 Å². The van der Waals surface area contributed by atoms with E-state index in [2.05, 4.69) is 19.2 Å². The molecule has 1 aliphatic rings. The van der Waals surface area contributed by atoms with Crippen molar-refractivity contribution in [3.8, 4) is 0 Å². The van der Waals surface area contributed by atoms with Gasteiger partial charge in [0.05, 0.1) is 0 Å². The fourth-order valence-electron chi connectivity index (χ4n) is 1.71. The zero-order valence-electron chi connectivity index (χ0n) is 8.97. The maximum absolute atomic E-state index is 11.6. The predicted octanol–water partition coefficient (Wildman–Crippen LogP) is 2.34. The van der Waals surface area contributed by atoms with Gasteiger partial charge in [-0.15, -0.1) is 0 Å². The second kappa shape index (κ2) is 4.64. The van der Waals surface area contributed by atoms with Crippen LogP contribution < -0.4 is 5.32 Å². The molecule has 1 unspecified atom stereocenters. The van der Waals surface area contributed by atoms with Crippen LogP contribution in [0.1, 0.15) is 46.5 Å². The van der Waals surface area contributed by atoms with Crippen LogP contribution in [-0.2, 0) is 4.79 Å². The quantitative estimate of drug-likeness (QED) is 0.715. The Morgan fingerprint density at radius 1 is 1.23 bits per heavy atom. The van der Waals surface area contributed by atoms with E-state index in [-0.39, 0.29) is 11.8 Å². The highest BCUT2D eigenvalue weighted by Gasteiger charge is 2.21. The van der Waals surface area contributed by atoms with Crippen LogP contribution >= 0.6 is 0 Å². The predicted molar refractivity (Wildman–Crippen MR) is 54.4 cm³/mol. The molecule has 1 amide bonds. The standard InChI is InChI=1S/C11H21NO/c1-8(2)9(3)11(13)12-10-6-4-5-7-10/h8-10H,4-7H2,1-3H3,(H,12,13). The average molecular weight is 183 g/mol. The van der Waals surface area contributed by atoms with Crippen molar-refractivity contribution in [1.29, 1.82) is 0 Å². The fraction of sp³-hybridized carbons (Fsp3) is 0.909. The summed E-state index contributed by atoms with van der Waals surface area (Å²) in [6.07, 6.45) is 4.91. The van der Waals surface area contributed by atoms with Gasteiger partial charge in [0.25, 0.3) is 0 Å². The summed E-state index contributed by atoms with van der Waals surface area (Å²) in [5, 5.41) is 3.12. The van der Waals surface area contributed by atoms with Crippen LogP contribution in [-0.4, -0.2) is 11.9 Å². The summed E-state index contributed by atoms with van der Waals surface area (Å²) in [7, 11) is 0. The van der Waals surface area contributed by atoms with Gasteiger partial charge >= 0.3 is 0 Å². The lowest BCUT2D eigenvalue weighted by atomic mass is 9.97. The normalized spacial score (nSPS) is 20.6. The minimum Gasteiger partial charge on any atom is -0.353 e. The molecule has 0 aromatic carbocycles. The Morgan fingerprint density at radius 2 is 1.77 bits per heavy atom. The lowest BCUT2D eigenvalue weighted by Gasteiger charge is -2.18. The molecule has 1 N–H and O–H groups in total. The number of hydrogen-bond acceptors (Lipinski definition) is 1. The van der Waals surface area contributed by atoms with E-state index in [1.807, 2.05) is 6.92 Å². The number of hydrogen-bond donors (Lipinski definition) is 1. The van der Waals surface area contributed by atoms with Gasteiger partial charge in [-0.05, 0) is 18.8 Å². The van der Waals surface area contributed by atoms with Gasteiger partial charge in [0.1, 0.15) is 0 Å². The lowest BCUT2D eigenvalue weighted by Crippen LogP contribution is -2.38. The molecule has 0 spiro atoms. The van der Waals surface area contributed by atoms with Crippen molar-refractivity contribution in [2.24, 2.45) is 11.8 Å². The molecular weight excluding hydrogens is 162 g/mol. The molecule has 2 heteroatoms. The third kappa shape index (κ3) is 3.02. The van der Waals surface area contributed by atoms with E-state index < -0.39 is 0 Å². The van der Waals surface area contributed by atoms with E-state index in [4.69, 9.17) is 0 Å². The summed E-state index contributed by atoms with van der Waals surface area (Å²) >= 11 is 0. The molecule has 1 aliphatic carbocycles. The third-order valence-corrected chi connectivity index (χ3v) is 3.12. The van der Waals surface area contributed by atoms with Crippen molar-refractivity contribution in [3.05, 3.63) is 0 Å². The minimum absolute atomic E-state index is 0.153. The zero-order valence-corrected chi connectivity index (χ0v) is 8.97. The SMILES string of the molecule is CC(C)C(C)C(=O)NC1CCCC1. The summed E-state index contributed by atoms with van der Waals surface area (Å²) in [6, 6.07) is 0.466. The molecule has 0 aromatic rings. The summed E-state index contributed by atoms with van der Waals surface area (Å²) in [4.78, 5) is 11.6. The molecule has 0 heterocycles. The van der Waals surface area contributed by atoms with Crippen LogP contribution in [0.15, 0.2) is 0 Å². The summed E-state index contributed by atoms with van der Waals surface area (Å²) in [6.45, 7) is 6.20. The average Bonchev–Trinajstić information content (AvgIpc) is 2.55. The monoisotopic (exact) mass is 183 g/mol. The molecule has 1 atom stereocenters. The molecule has 0 bridgehead atoms. The van der Waals surface area contributed by atoms with Crippen molar-refractivity contribution in [2.45, 2.75) is 52.5 Å². The van der Waals surface area contributed by atoms with E-state index in [9.17, 15) is 4.79 Å². The Morgan fingerprint density at radius 3 is 2.23 bits per heavy atom. The first-order chi connectivity index (χ1) is 6.11. The summed E-state index contributed by atoms with van der Waals surface area (Å²) in [5.41, 5.74) is 0. The maximum Gasteiger partial charge on any atom is 0.223 e. The first-order valence-corrected chi connectivity index (χ1v) is 5.41. The van der Waals surface area contributed by atoms with Crippen LogP contribution in [0.25, 0.3) is 0 Å². The van der Waals surface area contributed by atoms with E-state index in [1.165, 1.54) is 25.7 Å². The lowest BCUT2D eigenvalue weighted by molar-refractivity contribution is -0.126. The van der Waals surface area contributed by atoms with Crippen molar-refractivity contribution >= 4 is 5.91 Å². The van der Waals surface area contributed by atoms with Gasteiger partial charge in [0.15, 0.2) is 0 Å². The third-order valence-electron chi connectivity index (χ3n) is 3.12. The largest absolute Gasteiger partial charge is 0.353 e. The number of carbonyl (C=O) groups is 1. The highest BCUT2D eigenvalue weighted by atomic mass is 16.1. The van der Waals surface area contributed by atoms with Crippen molar-refractivity contribution in [1.82, 2.24) is 5.32 Å². The topological polar surface area (TPSA) is 29.1 Å². The zero-order chi connectivity index (χ0) is 9.84. The fourth-order valence-corrected chi connectivity index (χ4v) is 1.71. The van der Waals surface area contributed by atoms with E-state index in [1.54, 1.807) is 0 Å². The number of carbonyl (C=O) groups excluding carboxylic acids is 1. The molecule has 1 rings (SSSR count). The van der Waals surface area contributed by atoms with Crippen molar-refractivity contribution < 1.29 is 4.79 Å². The maximum atomic E-state index is 11.6. The van der Waals surface area contributed by atoms with Crippen LogP contribution in [0.4, 0.5) is 0 Å². The highest BCUT2D eigenvalue weighted by Crippen LogP contribution is 2.19. The molecule has 1 saturated carbocycles. The molecule has 76 valence electrons. The Balaban J connectivity index is 2.31. The van der Waals surface area contributed by atoms with Crippen molar-refractivity contribution in [2.75, 3.05) is 0 Å². The Kier molecular flexibility index (Phi) is 3.76. The molecule has 1 fully saturated rings. The van der Waals surface area contributed by atoms with Crippen LogP contribution in [0.2, 0.25) is 0 Å². The first kappa shape index (κ1) is 10.6. The van der Waals surface area contributed by atoms with Gasteiger partial charge in [-0.1, -0.05) is 33.6 Å². The van der Waals surface area contributed by atoms with Crippen LogP contribution in [0.3, 0.4) is 0 Å². The van der Waals surface area contributed by atoms with Gasteiger partial charge in [-0.3, -0.25) is 4.79 Å². The summed E-state index contributed by atoms with van der Waals surface area (Å²) in [5.74, 6) is 0.837. The molecule has 2 nitrogen and oxygen atoms in total. The molecule has 0 aromatic heterocycles. The Bertz CT molecular complexity index is 171. The van der Waals surface area contributed by atoms with Gasteiger partial charge in [0.2, 0.25) is 5.91 Å². The molecule has 0 aliphatic heterocycles. The smallest absolute Gasteiger partial charge is 0.223 e. The van der Waals surface area contributed by atoms with Gasteiger partial charge < -0.3 is 5.32 Å². The Labute approximate surface area is 81.1 Å². The Hall–Kier alpha value is -0.530. The number of rotatable bonds is 3. The second-order valence-corrected chi connectivity index (χ2v) is 4.52. The molecule has 0 saturated heterocycles. The first-order valence-electron chi connectivity index (χ1n) is 5.41. The van der Waals surface area contributed by atoms with Gasteiger partial charge in [-0.2, -0.15) is 0 Å². The second-order valence-electron chi connectivity index (χ2n) is 4.52. The molecule has 13 heavy (non-hydrogen) atoms. The molecule has 0 radical (unpaired) electrons. The van der Waals surface area contributed by atoms with E-state index >= 15 is 0 Å². The minimum atomic E-state index is 0.153. The van der Waals surface area contributed by atoms with Crippen molar-refractivity contribution in [3.63, 3.8) is 0 Å². The van der Waals surface area contributed by atoms with Crippen LogP contribution in [0.5, 0.6) is 0 Å². The van der Waals surface area contributed by atoms with Gasteiger partial charge in [0, 0.05) is 12.0 Å². The van der Waals surface area contributed by atoms with E-state index in [0.717, 1.165) is 0 Å². The van der Waals surface area contributed by atoms with Gasteiger partial charge in [-0.25, -0.2) is 0 Å². The highest BCUT2D eigenvalue weighted by molar-refractivity contribution is 5.78.